The Labute approximate surface area is 115 Å². The number of nitrogens with zero attached hydrogens (tertiary/aromatic N) is 2. The number of piperidine rings is 1. The largest absolute Gasteiger partial charge is 0.481 e. The average molecular weight is 278 g/mol. The van der Waals surface area contributed by atoms with Crippen molar-refractivity contribution in [1.29, 1.82) is 0 Å². The Kier molecular flexibility index (Phi) is 3.08. The van der Waals surface area contributed by atoms with Gasteiger partial charge in [0.1, 0.15) is 5.52 Å². The van der Waals surface area contributed by atoms with E-state index in [1.54, 1.807) is 17.0 Å². The second-order valence-corrected chi connectivity index (χ2v) is 5.36. The van der Waals surface area contributed by atoms with Gasteiger partial charge < -0.3 is 14.4 Å². The van der Waals surface area contributed by atoms with Crippen molar-refractivity contribution in [2.75, 3.05) is 18.0 Å². The van der Waals surface area contributed by atoms with Crippen molar-refractivity contribution < 1.29 is 18.7 Å². The van der Waals surface area contributed by atoms with E-state index in [9.17, 15) is 9.18 Å². The smallest absolute Gasteiger partial charge is 0.308 e. The highest BCUT2D eigenvalue weighted by atomic mass is 19.1. The lowest BCUT2D eigenvalue weighted by Gasteiger charge is -2.33. The fourth-order valence-electron chi connectivity index (χ4n) is 2.73. The van der Waals surface area contributed by atoms with Crippen LogP contribution in [0.4, 0.5) is 10.4 Å². The molecule has 20 heavy (non-hydrogen) atoms. The minimum atomic E-state index is -0.816. The number of benzene rings is 1. The number of carboxylic acids is 1. The lowest BCUT2D eigenvalue weighted by molar-refractivity contribution is -0.142. The zero-order valence-corrected chi connectivity index (χ0v) is 11.0. The Hall–Kier alpha value is -2.11. The van der Waals surface area contributed by atoms with Crippen LogP contribution in [0.2, 0.25) is 0 Å². The standard InChI is InChI=1S/C14H15FN2O3/c1-8-5-9(13(18)19)7-17(6-8)14-16-12-10(15)3-2-4-11(12)20-14/h2-4,8-9H,5-7H2,1H3,(H,18,19). The predicted molar refractivity (Wildman–Crippen MR) is 71.1 cm³/mol. The van der Waals surface area contributed by atoms with Gasteiger partial charge in [-0.1, -0.05) is 13.0 Å². The summed E-state index contributed by atoms with van der Waals surface area (Å²) in [6, 6.07) is 4.83. The summed E-state index contributed by atoms with van der Waals surface area (Å²) in [5.74, 6) is -1.47. The number of carboxylic acid groups (broad SMARTS) is 1. The molecule has 0 spiro atoms. The number of anilines is 1. The predicted octanol–water partition coefficient (Wildman–Crippen LogP) is 2.51. The van der Waals surface area contributed by atoms with Crippen LogP contribution >= 0.6 is 0 Å². The number of halogens is 1. The molecule has 5 nitrogen and oxygen atoms in total. The summed E-state index contributed by atoms with van der Waals surface area (Å²) in [7, 11) is 0. The topological polar surface area (TPSA) is 66.6 Å². The van der Waals surface area contributed by atoms with Gasteiger partial charge in [-0.25, -0.2) is 4.39 Å². The molecule has 2 aromatic rings. The van der Waals surface area contributed by atoms with Crippen LogP contribution in [0.25, 0.3) is 11.1 Å². The minimum Gasteiger partial charge on any atom is -0.481 e. The molecule has 2 heterocycles. The highest BCUT2D eigenvalue weighted by Crippen LogP contribution is 2.29. The third kappa shape index (κ3) is 2.21. The van der Waals surface area contributed by atoms with Crippen molar-refractivity contribution in [2.24, 2.45) is 11.8 Å². The summed E-state index contributed by atoms with van der Waals surface area (Å²) < 4.78 is 19.2. The zero-order chi connectivity index (χ0) is 14.3. The van der Waals surface area contributed by atoms with E-state index in [2.05, 4.69) is 4.98 Å². The van der Waals surface area contributed by atoms with Gasteiger partial charge in [-0.15, -0.1) is 0 Å². The molecular weight excluding hydrogens is 263 g/mol. The van der Waals surface area contributed by atoms with Gasteiger partial charge in [0.25, 0.3) is 6.01 Å². The molecule has 2 unspecified atom stereocenters. The summed E-state index contributed by atoms with van der Waals surface area (Å²) in [4.78, 5) is 17.1. The molecule has 1 aliphatic rings. The normalized spacial score (nSPS) is 23.2. The van der Waals surface area contributed by atoms with Crippen LogP contribution in [-0.2, 0) is 4.79 Å². The van der Waals surface area contributed by atoms with E-state index in [-0.39, 0.29) is 11.4 Å². The highest BCUT2D eigenvalue weighted by Gasteiger charge is 2.31. The van der Waals surface area contributed by atoms with E-state index in [0.29, 0.717) is 31.1 Å². The summed E-state index contributed by atoms with van der Waals surface area (Å²) in [6.45, 7) is 3.00. The molecule has 1 fully saturated rings. The van der Waals surface area contributed by atoms with E-state index in [1.165, 1.54) is 6.07 Å². The number of hydrogen-bond donors (Lipinski definition) is 1. The van der Waals surface area contributed by atoms with E-state index in [0.717, 1.165) is 0 Å². The molecule has 0 aliphatic carbocycles. The molecule has 1 aromatic carbocycles. The number of aliphatic carboxylic acids is 1. The van der Waals surface area contributed by atoms with E-state index in [4.69, 9.17) is 9.52 Å². The van der Waals surface area contributed by atoms with Gasteiger partial charge >= 0.3 is 5.97 Å². The average Bonchev–Trinajstić information content (AvgIpc) is 2.83. The van der Waals surface area contributed by atoms with Gasteiger partial charge in [-0.2, -0.15) is 4.98 Å². The SMILES string of the molecule is CC1CC(C(=O)O)CN(c2nc3c(F)cccc3o2)C1. The maximum atomic E-state index is 13.6. The molecule has 0 radical (unpaired) electrons. The van der Waals surface area contributed by atoms with Crippen molar-refractivity contribution in [1.82, 2.24) is 4.98 Å². The van der Waals surface area contributed by atoms with Gasteiger partial charge in [0.15, 0.2) is 11.4 Å². The van der Waals surface area contributed by atoms with E-state index >= 15 is 0 Å². The highest BCUT2D eigenvalue weighted by molar-refractivity contribution is 5.75. The maximum absolute atomic E-state index is 13.6. The summed E-state index contributed by atoms with van der Waals surface area (Å²) in [5.41, 5.74) is 0.567. The van der Waals surface area contributed by atoms with E-state index in [1.807, 2.05) is 6.92 Å². The van der Waals surface area contributed by atoms with Crippen molar-refractivity contribution >= 4 is 23.1 Å². The first-order valence-electron chi connectivity index (χ1n) is 6.57. The summed E-state index contributed by atoms with van der Waals surface area (Å²) in [6.07, 6.45) is 0.639. The Bertz CT molecular complexity index is 655. The first-order valence-corrected chi connectivity index (χ1v) is 6.57. The number of hydrogen-bond acceptors (Lipinski definition) is 4. The van der Waals surface area contributed by atoms with Crippen LogP contribution in [0, 0.1) is 17.7 Å². The molecule has 6 heteroatoms. The molecule has 1 aliphatic heterocycles. The minimum absolute atomic E-state index is 0.188. The number of fused-ring (bicyclic) bond motifs is 1. The van der Waals surface area contributed by atoms with E-state index < -0.39 is 17.7 Å². The van der Waals surface area contributed by atoms with Gasteiger partial charge in [0, 0.05) is 13.1 Å². The van der Waals surface area contributed by atoms with Crippen LogP contribution in [0.5, 0.6) is 0 Å². The lowest BCUT2D eigenvalue weighted by atomic mass is 9.91. The van der Waals surface area contributed by atoms with Crippen LogP contribution < -0.4 is 4.90 Å². The fourth-order valence-corrected chi connectivity index (χ4v) is 2.73. The zero-order valence-electron chi connectivity index (χ0n) is 11.0. The quantitative estimate of drug-likeness (QED) is 0.914. The molecule has 0 amide bonds. The third-order valence-corrected chi connectivity index (χ3v) is 3.64. The summed E-state index contributed by atoms with van der Waals surface area (Å²) >= 11 is 0. The van der Waals surface area contributed by atoms with Crippen LogP contribution in [0.1, 0.15) is 13.3 Å². The molecule has 1 aromatic heterocycles. The molecule has 3 rings (SSSR count). The third-order valence-electron chi connectivity index (χ3n) is 3.64. The maximum Gasteiger partial charge on any atom is 0.308 e. The number of carbonyl (C=O) groups is 1. The van der Waals surface area contributed by atoms with Crippen LogP contribution in [-0.4, -0.2) is 29.1 Å². The molecule has 1 saturated heterocycles. The Morgan fingerprint density at radius 3 is 3.00 bits per heavy atom. The number of rotatable bonds is 2. The molecular formula is C14H15FN2O3. The van der Waals surface area contributed by atoms with Gasteiger partial charge in [0.05, 0.1) is 5.92 Å². The van der Waals surface area contributed by atoms with Crippen LogP contribution in [0.15, 0.2) is 22.6 Å². The van der Waals surface area contributed by atoms with Gasteiger partial charge in [-0.3, -0.25) is 4.79 Å². The monoisotopic (exact) mass is 278 g/mol. The Morgan fingerprint density at radius 1 is 1.50 bits per heavy atom. The first kappa shape index (κ1) is 12.9. The second kappa shape index (κ2) is 4.77. The molecule has 106 valence electrons. The molecule has 0 saturated carbocycles. The lowest BCUT2D eigenvalue weighted by Crippen LogP contribution is -2.42. The number of oxazole rings is 1. The Balaban J connectivity index is 1.93. The van der Waals surface area contributed by atoms with Crippen molar-refractivity contribution in [2.45, 2.75) is 13.3 Å². The number of para-hydroxylation sites is 1. The van der Waals surface area contributed by atoms with Gasteiger partial charge in [0.2, 0.25) is 0 Å². The Morgan fingerprint density at radius 2 is 2.30 bits per heavy atom. The number of aromatic nitrogens is 1. The van der Waals surface area contributed by atoms with Gasteiger partial charge in [-0.05, 0) is 24.5 Å². The summed E-state index contributed by atoms with van der Waals surface area (Å²) in [5, 5.41) is 9.17. The molecule has 2 atom stereocenters. The molecule has 0 bridgehead atoms. The fraction of sp³-hybridized carbons (Fsp3) is 0.429. The first-order chi connectivity index (χ1) is 9.54. The van der Waals surface area contributed by atoms with Crippen molar-refractivity contribution in [3.05, 3.63) is 24.0 Å². The molecule has 1 N–H and O–H groups in total. The van der Waals surface area contributed by atoms with Crippen LogP contribution in [0.3, 0.4) is 0 Å². The second-order valence-electron chi connectivity index (χ2n) is 5.36. The van der Waals surface area contributed by atoms with Crippen molar-refractivity contribution in [3.63, 3.8) is 0 Å². The van der Waals surface area contributed by atoms with Crippen molar-refractivity contribution in [3.8, 4) is 0 Å².